The molecule has 0 saturated carbocycles. The summed E-state index contributed by atoms with van der Waals surface area (Å²) < 4.78 is 2.48. The molecule has 1 aromatic heterocycles. The van der Waals surface area contributed by atoms with Gasteiger partial charge in [-0.2, -0.15) is 11.8 Å². The highest BCUT2D eigenvalue weighted by molar-refractivity contribution is 9.10. The second kappa shape index (κ2) is 5.86. The van der Waals surface area contributed by atoms with Gasteiger partial charge in [-0.05, 0) is 22.4 Å². The van der Waals surface area contributed by atoms with Gasteiger partial charge < -0.3 is 5.73 Å². The fourth-order valence-electron chi connectivity index (χ4n) is 1.20. The van der Waals surface area contributed by atoms with Crippen LogP contribution < -0.4 is 5.73 Å². The zero-order valence-electron chi connectivity index (χ0n) is 9.27. The molecule has 0 amide bonds. The van der Waals surface area contributed by atoms with Crippen LogP contribution in [-0.4, -0.2) is 26.0 Å². The Bertz CT molecular complexity index is 296. The minimum atomic E-state index is -0.0154. The molecule has 1 aromatic rings. The fourth-order valence-corrected chi connectivity index (χ4v) is 2.75. The van der Waals surface area contributed by atoms with Crippen molar-refractivity contribution in [1.29, 1.82) is 0 Å². The summed E-state index contributed by atoms with van der Waals surface area (Å²) >= 11 is 5.24. The lowest BCUT2D eigenvalue weighted by molar-refractivity contribution is 0.639. The van der Waals surface area contributed by atoms with Crippen molar-refractivity contribution in [3.63, 3.8) is 0 Å². The Balaban J connectivity index is 2.57. The number of hydrogen-bond donors (Lipinski definition) is 1. The summed E-state index contributed by atoms with van der Waals surface area (Å²) in [5, 5.41) is 8.49. The molecule has 2 atom stereocenters. The van der Waals surface area contributed by atoms with Crippen LogP contribution in [0.15, 0.2) is 4.60 Å². The third-order valence-electron chi connectivity index (χ3n) is 2.31. The summed E-state index contributed by atoms with van der Waals surface area (Å²) in [5.74, 6) is 0.898. The van der Waals surface area contributed by atoms with Gasteiger partial charge in [-0.3, -0.25) is 0 Å². The molecule has 6 heteroatoms. The number of thioether (sulfide) groups is 1. The van der Waals surface area contributed by atoms with Gasteiger partial charge in [0.1, 0.15) is 0 Å². The van der Waals surface area contributed by atoms with E-state index in [1.54, 1.807) is 4.68 Å². The summed E-state index contributed by atoms with van der Waals surface area (Å²) in [6, 6.07) is -0.0154. The van der Waals surface area contributed by atoms with Crippen LogP contribution in [0.25, 0.3) is 0 Å². The van der Waals surface area contributed by atoms with Crippen LogP contribution in [0.1, 0.15) is 32.0 Å². The maximum atomic E-state index is 6.09. The quantitative estimate of drug-likeness (QED) is 0.903. The molecule has 4 nitrogen and oxygen atoms in total. The minimum absolute atomic E-state index is 0.0154. The number of hydrogen-bond acceptors (Lipinski definition) is 4. The van der Waals surface area contributed by atoms with E-state index in [4.69, 9.17) is 5.73 Å². The Hall–Kier alpha value is -0.0700. The van der Waals surface area contributed by atoms with E-state index >= 15 is 0 Å². The Morgan fingerprint density at radius 1 is 1.60 bits per heavy atom. The largest absolute Gasteiger partial charge is 0.322 e. The first kappa shape index (κ1) is 13.0. The van der Waals surface area contributed by atoms with Gasteiger partial charge in [0.25, 0.3) is 0 Å². The van der Waals surface area contributed by atoms with E-state index in [9.17, 15) is 0 Å². The highest BCUT2D eigenvalue weighted by atomic mass is 79.9. The van der Waals surface area contributed by atoms with E-state index in [-0.39, 0.29) is 6.04 Å². The van der Waals surface area contributed by atoms with Crippen LogP contribution >= 0.6 is 27.7 Å². The van der Waals surface area contributed by atoms with Crippen molar-refractivity contribution in [2.75, 3.05) is 5.75 Å². The van der Waals surface area contributed by atoms with E-state index in [1.165, 1.54) is 6.42 Å². The Kier molecular flexibility index (Phi) is 5.08. The van der Waals surface area contributed by atoms with Crippen molar-refractivity contribution >= 4 is 27.7 Å². The number of halogens is 1. The molecule has 2 unspecified atom stereocenters. The van der Waals surface area contributed by atoms with E-state index < -0.39 is 0 Å². The molecule has 0 bridgehead atoms. The molecule has 0 aliphatic rings. The highest BCUT2D eigenvalue weighted by Gasteiger charge is 2.16. The Labute approximate surface area is 103 Å². The van der Waals surface area contributed by atoms with Gasteiger partial charge in [0.05, 0.1) is 11.7 Å². The fraction of sp³-hybridized carbons (Fsp3) is 0.778. The molecule has 2 N–H and O–H groups in total. The van der Waals surface area contributed by atoms with E-state index in [1.807, 2.05) is 18.8 Å². The lowest BCUT2D eigenvalue weighted by Crippen LogP contribution is -2.18. The van der Waals surface area contributed by atoms with Crippen LogP contribution in [0.4, 0.5) is 0 Å². The predicted molar refractivity (Wildman–Crippen MR) is 67.8 cm³/mol. The molecular weight excluding hydrogens is 276 g/mol. The molecule has 86 valence electrons. The van der Waals surface area contributed by atoms with Crippen LogP contribution in [0.3, 0.4) is 0 Å². The maximum Gasteiger partial charge on any atom is 0.153 e. The number of rotatable bonds is 5. The number of aryl methyl sites for hydroxylation is 1. The van der Waals surface area contributed by atoms with Crippen molar-refractivity contribution in [3.05, 3.63) is 10.3 Å². The summed E-state index contributed by atoms with van der Waals surface area (Å²) in [5.41, 5.74) is 7.06. The molecule has 15 heavy (non-hydrogen) atoms. The van der Waals surface area contributed by atoms with Gasteiger partial charge in [-0.25, -0.2) is 4.68 Å². The summed E-state index contributed by atoms with van der Waals surface area (Å²) in [6.07, 6.45) is 1.17. The first-order chi connectivity index (χ1) is 7.06. The summed E-state index contributed by atoms with van der Waals surface area (Å²) in [7, 11) is 1.86. The standard InChI is InChI=1S/C9H17BrN4S/c1-4-6(2)15-5-7(11)8-9(10)12-13-14(8)3/h6-7H,4-5,11H2,1-3H3. The summed E-state index contributed by atoms with van der Waals surface area (Å²) in [4.78, 5) is 0. The topological polar surface area (TPSA) is 56.7 Å². The first-order valence-electron chi connectivity index (χ1n) is 4.98. The first-order valence-corrected chi connectivity index (χ1v) is 6.82. The molecule has 0 aromatic carbocycles. The molecule has 1 heterocycles. The monoisotopic (exact) mass is 292 g/mol. The number of nitrogens with zero attached hydrogens (tertiary/aromatic N) is 3. The van der Waals surface area contributed by atoms with Gasteiger partial charge >= 0.3 is 0 Å². The van der Waals surface area contributed by atoms with Gasteiger partial charge in [0.2, 0.25) is 0 Å². The van der Waals surface area contributed by atoms with Gasteiger partial charge in [-0.1, -0.05) is 19.1 Å². The molecule has 0 saturated heterocycles. The normalized spacial score (nSPS) is 15.3. The molecule has 0 aliphatic heterocycles. The minimum Gasteiger partial charge on any atom is -0.322 e. The molecule has 0 fully saturated rings. The van der Waals surface area contributed by atoms with Crippen LogP contribution in [-0.2, 0) is 7.05 Å². The van der Waals surface area contributed by atoms with Gasteiger partial charge in [0.15, 0.2) is 4.60 Å². The highest BCUT2D eigenvalue weighted by Crippen LogP contribution is 2.24. The lowest BCUT2D eigenvalue weighted by atomic mass is 10.3. The van der Waals surface area contributed by atoms with Crippen LogP contribution in [0.2, 0.25) is 0 Å². The zero-order valence-corrected chi connectivity index (χ0v) is 11.7. The zero-order chi connectivity index (χ0) is 11.4. The van der Waals surface area contributed by atoms with Crippen molar-refractivity contribution in [3.8, 4) is 0 Å². The van der Waals surface area contributed by atoms with Crippen molar-refractivity contribution in [2.45, 2.75) is 31.6 Å². The van der Waals surface area contributed by atoms with Crippen LogP contribution in [0.5, 0.6) is 0 Å². The van der Waals surface area contributed by atoms with Gasteiger partial charge in [-0.15, -0.1) is 5.10 Å². The third kappa shape index (κ3) is 3.46. The molecular formula is C9H17BrN4S. The van der Waals surface area contributed by atoms with Gasteiger partial charge in [0, 0.05) is 18.1 Å². The second-order valence-corrected chi connectivity index (χ2v) is 5.77. The third-order valence-corrected chi connectivity index (χ3v) is 4.33. The van der Waals surface area contributed by atoms with Crippen molar-refractivity contribution < 1.29 is 0 Å². The Morgan fingerprint density at radius 2 is 2.27 bits per heavy atom. The molecule has 0 spiro atoms. The maximum absolute atomic E-state index is 6.09. The number of nitrogens with two attached hydrogens (primary N) is 1. The molecule has 1 rings (SSSR count). The second-order valence-electron chi connectivity index (χ2n) is 3.55. The average Bonchev–Trinajstić information content (AvgIpc) is 2.54. The van der Waals surface area contributed by atoms with Crippen LogP contribution in [0, 0.1) is 0 Å². The van der Waals surface area contributed by atoms with E-state index in [0.29, 0.717) is 5.25 Å². The van der Waals surface area contributed by atoms with Crippen molar-refractivity contribution in [2.24, 2.45) is 12.8 Å². The van der Waals surface area contributed by atoms with E-state index in [2.05, 4.69) is 40.1 Å². The molecule has 0 aliphatic carbocycles. The summed E-state index contributed by atoms with van der Waals surface area (Å²) in [6.45, 7) is 4.40. The lowest BCUT2D eigenvalue weighted by Gasteiger charge is -2.14. The SMILES string of the molecule is CCC(C)SCC(N)c1c(Br)nnn1C. The smallest absolute Gasteiger partial charge is 0.153 e. The predicted octanol–water partition coefficient (Wildman–Crippen LogP) is 2.11. The van der Waals surface area contributed by atoms with E-state index in [0.717, 1.165) is 16.0 Å². The molecule has 0 radical (unpaired) electrons. The number of aromatic nitrogens is 3. The van der Waals surface area contributed by atoms with Crippen molar-refractivity contribution in [1.82, 2.24) is 15.0 Å². The average molecular weight is 293 g/mol. The Morgan fingerprint density at radius 3 is 2.73 bits per heavy atom.